The van der Waals surface area contributed by atoms with Crippen LogP contribution < -0.4 is 26.2 Å². The molecule has 0 spiro atoms. The molecular formula is C66H70BN3. The van der Waals surface area contributed by atoms with Gasteiger partial charge in [0.1, 0.15) is 0 Å². The minimum atomic E-state index is -0.0448. The minimum Gasteiger partial charge on any atom is -0.311 e. The van der Waals surface area contributed by atoms with Gasteiger partial charge in [-0.15, -0.1) is 0 Å². The first-order valence-electron chi connectivity index (χ1n) is 26.4. The third-order valence-corrected chi connectivity index (χ3v) is 18.3. The number of hydrogen-bond donors (Lipinski definition) is 0. The largest absolute Gasteiger partial charge is 0.311 e. The van der Waals surface area contributed by atoms with E-state index < -0.39 is 0 Å². The van der Waals surface area contributed by atoms with Gasteiger partial charge < -0.3 is 14.2 Å². The first kappa shape index (κ1) is 44.0. The van der Waals surface area contributed by atoms with Crippen molar-refractivity contribution in [2.45, 2.75) is 155 Å². The SMILES string of the molecule is CC(C)(C)c1ccc(N2c3ccc(C(C)(C)C)cc3B3c4cc5c(cc4N(c4ccc6c(c4)C(C)(C)CCC6(C)C)c4c3c2c2c3ccccc3n3c6ccccc6c4c23)C(C)(C)CCC5(C)C)cc1. The fourth-order valence-corrected chi connectivity index (χ4v) is 13.9. The number of aromatic nitrogens is 1. The van der Waals surface area contributed by atoms with Crippen molar-refractivity contribution in [3.8, 4) is 0 Å². The summed E-state index contributed by atoms with van der Waals surface area (Å²) in [6.07, 6.45) is 4.69. The number of rotatable bonds is 2. The fraction of sp³-hybridized carbons (Fsp3) is 0.364. The van der Waals surface area contributed by atoms with Crippen LogP contribution in [0, 0.1) is 0 Å². The number of nitrogens with zero attached hydrogens (tertiary/aromatic N) is 3. The quantitative estimate of drug-likeness (QED) is 0.160. The average Bonchev–Trinajstić information content (AvgIpc) is 3.84. The third kappa shape index (κ3) is 5.89. The van der Waals surface area contributed by atoms with E-state index in [2.05, 4.69) is 232 Å². The molecule has 0 fully saturated rings. The van der Waals surface area contributed by atoms with Gasteiger partial charge in [-0.3, -0.25) is 0 Å². The van der Waals surface area contributed by atoms with Crippen molar-refractivity contribution in [2.75, 3.05) is 9.80 Å². The van der Waals surface area contributed by atoms with Crippen LogP contribution in [0.2, 0.25) is 0 Å². The maximum Gasteiger partial charge on any atom is 0.252 e. The molecule has 4 heterocycles. The van der Waals surface area contributed by atoms with E-state index in [1.807, 2.05) is 0 Å². The van der Waals surface area contributed by atoms with Crippen molar-refractivity contribution in [3.63, 3.8) is 0 Å². The second-order valence-electron chi connectivity index (χ2n) is 26.7. The molecule has 2 aromatic heterocycles. The van der Waals surface area contributed by atoms with E-state index in [0.717, 1.165) is 6.42 Å². The maximum atomic E-state index is 2.79. The molecule has 0 radical (unpaired) electrons. The molecule has 0 amide bonds. The summed E-state index contributed by atoms with van der Waals surface area (Å²) in [5.41, 5.74) is 24.7. The highest BCUT2D eigenvalue weighted by Gasteiger charge is 2.49. The van der Waals surface area contributed by atoms with Crippen LogP contribution in [-0.4, -0.2) is 11.1 Å². The van der Waals surface area contributed by atoms with Crippen LogP contribution in [-0.2, 0) is 32.5 Å². The molecule has 0 bridgehead atoms. The van der Waals surface area contributed by atoms with Gasteiger partial charge in [-0.2, -0.15) is 0 Å². The van der Waals surface area contributed by atoms with Gasteiger partial charge in [-0.1, -0.05) is 170 Å². The van der Waals surface area contributed by atoms with E-state index >= 15 is 0 Å². The van der Waals surface area contributed by atoms with Gasteiger partial charge in [0.05, 0.1) is 27.9 Å². The Morgan fingerprint density at radius 3 is 1.44 bits per heavy atom. The molecule has 2 aliphatic carbocycles. The molecule has 3 nitrogen and oxygen atoms in total. The summed E-state index contributed by atoms with van der Waals surface area (Å²) >= 11 is 0. The molecule has 0 saturated heterocycles. The third-order valence-electron chi connectivity index (χ3n) is 18.3. The second-order valence-corrected chi connectivity index (χ2v) is 26.7. The van der Waals surface area contributed by atoms with E-state index in [0.29, 0.717) is 0 Å². The van der Waals surface area contributed by atoms with Gasteiger partial charge in [0.25, 0.3) is 6.71 Å². The molecule has 70 heavy (non-hydrogen) atoms. The summed E-state index contributed by atoms with van der Waals surface area (Å²) < 4.78 is 2.62. The number of hydrogen-bond acceptors (Lipinski definition) is 2. The fourth-order valence-electron chi connectivity index (χ4n) is 13.9. The lowest BCUT2D eigenvalue weighted by molar-refractivity contribution is 0.332. The topological polar surface area (TPSA) is 10.9 Å². The average molecular weight is 916 g/mol. The van der Waals surface area contributed by atoms with Crippen molar-refractivity contribution in [1.29, 1.82) is 0 Å². The molecule has 0 atom stereocenters. The number of fused-ring (bicyclic) bond motifs is 14. The van der Waals surface area contributed by atoms with Gasteiger partial charge in [-0.25, -0.2) is 0 Å². The Morgan fingerprint density at radius 2 is 0.886 bits per heavy atom. The number of para-hydroxylation sites is 2. The van der Waals surface area contributed by atoms with E-state index in [9.17, 15) is 0 Å². The van der Waals surface area contributed by atoms with Crippen LogP contribution in [0.25, 0.3) is 38.1 Å². The van der Waals surface area contributed by atoms with Crippen molar-refractivity contribution in [3.05, 3.63) is 155 Å². The summed E-state index contributed by atoms with van der Waals surface area (Å²) in [5.74, 6) is 0. The van der Waals surface area contributed by atoms with Crippen LogP contribution >= 0.6 is 0 Å². The Bertz CT molecular complexity index is 3690. The molecule has 9 aromatic rings. The monoisotopic (exact) mass is 916 g/mol. The normalized spacial score (nSPS) is 18.6. The maximum absolute atomic E-state index is 2.79. The van der Waals surface area contributed by atoms with Gasteiger partial charge >= 0.3 is 0 Å². The number of benzene rings is 7. The molecular weight excluding hydrogens is 846 g/mol. The molecule has 352 valence electrons. The molecule has 4 aliphatic rings. The van der Waals surface area contributed by atoms with Crippen LogP contribution in [0.5, 0.6) is 0 Å². The highest BCUT2D eigenvalue weighted by Crippen LogP contribution is 2.57. The molecule has 0 N–H and O–H groups in total. The minimum absolute atomic E-state index is 0.0201. The summed E-state index contributed by atoms with van der Waals surface area (Å²) in [6, 6.07) is 48.7. The van der Waals surface area contributed by atoms with Gasteiger partial charge in [0.2, 0.25) is 0 Å². The molecule has 13 rings (SSSR count). The highest BCUT2D eigenvalue weighted by atomic mass is 15.2. The lowest BCUT2D eigenvalue weighted by Crippen LogP contribution is -2.62. The smallest absolute Gasteiger partial charge is 0.252 e. The van der Waals surface area contributed by atoms with Crippen molar-refractivity contribution in [2.24, 2.45) is 0 Å². The van der Waals surface area contributed by atoms with Gasteiger partial charge in [-0.05, 0) is 156 Å². The Hall–Kier alpha value is -6.00. The molecule has 4 heteroatoms. The van der Waals surface area contributed by atoms with Crippen molar-refractivity contribution in [1.82, 2.24) is 4.40 Å². The van der Waals surface area contributed by atoms with Crippen LogP contribution in [0.4, 0.5) is 34.1 Å². The zero-order valence-electron chi connectivity index (χ0n) is 44.3. The van der Waals surface area contributed by atoms with Crippen LogP contribution in [0.3, 0.4) is 0 Å². The zero-order chi connectivity index (χ0) is 49.0. The Morgan fingerprint density at radius 1 is 0.429 bits per heavy atom. The molecule has 0 unspecified atom stereocenters. The van der Waals surface area contributed by atoms with Crippen molar-refractivity contribution >= 4 is 95.3 Å². The lowest BCUT2D eigenvalue weighted by Gasteiger charge is -2.48. The van der Waals surface area contributed by atoms with E-state index in [1.165, 1.54) is 141 Å². The first-order chi connectivity index (χ1) is 33.0. The predicted octanol–water partition coefficient (Wildman–Crippen LogP) is 16.2. The lowest BCUT2D eigenvalue weighted by atomic mass is 9.32. The van der Waals surface area contributed by atoms with Gasteiger partial charge in [0.15, 0.2) is 0 Å². The number of anilines is 6. The molecule has 0 saturated carbocycles. The summed E-state index contributed by atoms with van der Waals surface area (Å²) in [7, 11) is 0. The second kappa shape index (κ2) is 13.9. The molecule has 2 aliphatic heterocycles. The highest BCUT2D eigenvalue weighted by molar-refractivity contribution is 7.01. The van der Waals surface area contributed by atoms with Crippen LogP contribution in [0.15, 0.2) is 121 Å². The predicted molar refractivity (Wildman–Crippen MR) is 303 cm³/mol. The Kier molecular flexibility index (Phi) is 8.73. The standard InChI is InChI=1S/C66H70BN3/c1-61(2,3)39-23-26-41(27-24-39)68-53-30-25-40(62(4,5)6)35-49(53)67-50-37-47-48(66(13,14)34-33-65(47,11)12)38-54(50)69(42-28-29-45-46(36-42)64(9,10)32-31-63(45,7)8)60-56-44-20-16-18-22-52(44)70-51-21-17-15-19-43(51)55(58(56)70)59(68)57(60)67/h15-30,35-38H,31-34H2,1-14H3. The summed E-state index contributed by atoms with van der Waals surface area (Å²) in [5, 5.41) is 5.31. The zero-order valence-corrected chi connectivity index (χ0v) is 44.3. The Labute approximate surface area is 417 Å². The van der Waals surface area contributed by atoms with E-state index in [-0.39, 0.29) is 39.2 Å². The van der Waals surface area contributed by atoms with Crippen LogP contribution in [0.1, 0.15) is 156 Å². The first-order valence-corrected chi connectivity index (χ1v) is 26.4. The molecule has 7 aromatic carbocycles. The van der Waals surface area contributed by atoms with Gasteiger partial charge in [0, 0.05) is 44.3 Å². The van der Waals surface area contributed by atoms with E-state index in [4.69, 9.17) is 0 Å². The Balaban J connectivity index is 1.28. The summed E-state index contributed by atoms with van der Waals surface area (Å²) in [4.78, 5) is 5.48. The van der Waals surface area contributed by atoms with E-state index in [1.54, 1.807) is 0 Å². The van der Waals surface area contributed by atoms with Crippen molar-refractivity contribution < 1.29 is 0 Å². The summed E-state index contributed by atoms with van der Waals surface area (Å²) in [6.45, 7) is 34.0.